The fraction of sp³-hybridized carbons (Fsp3) is 0.308. The topological polar surface area (TPSA) is 97.9 Å². The number of carbonyl (C=O) groups is 1. The maximum atomic E-state index is 11.9. The minimum Gasteiger partial charge on any atom is -0.399 e. The summed E-state index contributed by atoms with van der Waals surface area (Å²) in [6, 6.07) is 5.19. The van der Waals surface area contributed by atoms with E-state index in [-0.39, 0.29) is 5.91 Å². The zero-order chi connectivity index (χ0) is 14.4. The molecule has 0 saturated heterocycles. The molecular formula is C13H18N6O. The Balaban J connectivity index is 2.05. The molecule has 2 rings (SSSR count). The first-order valence-electron chi connectivity index (χ1n) is 6.46. The van der Waals surface area contributed by atoms with Crippen molar-refractivity contribution in [1.29, 1.82) is 0 Å². The molecule has 0 saturated carbocycles. The van der Waals surface area contributed by atoms with Gasteiger partial charge in [-0.2, -0.15) is 0 Å². The molecule has 0 spiro atoms. The second-order valence-electron chi connectivity index (χ2n) is 4.26. The molecule has 7 heteroatoms. The molecule has 0 atom stereocenters. The highest BCUT2D eigenvalue weighted by Gasteiger charge is 2.10. The lowest BCUT2D eigenvalue weighted by Gasteiger charge is -2.12. The second kappa shape index (κ2) is 6.55. The third-order valence-corrected chi connectivity index (χ3v) is 2.75. The number of benzene rings is 1. The Morgan fingerprint density at radius 2 is 2.30 bits per heavy atom. The van der Waals surface area contributed by atoms with Gasteiger partial charge in [0, 0.05) is 30.7 Å². The van der Waals surface area contributed by atoms with Crippen LogP contribution < -0.4 is 16.4 Å². The molecule has 106 valence electrons. The van der Waals surface area contributed by atoms with Crippen molar-refractivity contribution in [2.45, 2.75) is 13.5 Å². The van der Waals surface area contributed by atoms with Gasteiger partial charge in [-0.25, -0.2) is 0 Å². The highest BCUT2D eigenvalue weighted by Crippen LogP contribution is 2.19. The molecule has 0 bridgehead atoms. The predicted octanol–water partition coefficient (Wildman–Crippen LogP) is 0.722. The van der Waals surface area contributed by atoms with Crippen LogP contribution in [0.3, 0.4) is 0 Å². The number of aromatic nitrogens is 3. The van der Waals surface area contributed by atoms with Gasteiger partial charge in [0.2, 0.25) is 0 Å². The SMILES string of the molecule is CCNC(=O)c1ccc(N)cc1NCCn1ccnn1. The molecule has 0 unspecified atom stereocenters. The lowest BCUT2D eigenvalue weighted by molar-refractivity contribution is 0.0956. The van der Waals surface area contributed by atoms with Crippen molar-refractivity contribution < 1.29 is 4.79 Å². The van der Waals surface area contributed by atoms with Crippen LogP contribution in [-0.4, -0.2) is 34.0 Å². The van der Waals surface area contributed by atoms with Gasteiger partial charge in [-0.1, -0.05) is 5.21 Å². The van der Waals surface area contributed by atoms with Crippen LogP contribution >= 0.6 is 0 Å². The van der Waals surface area contributed by atoms with Crippen LogP contribution in [0.15, 0.2) is 30.6 Å². The molecule has 0 radical (unpaired) electrons. The third kappa shape index (κ3) is 3.47. The lowest BCUT2D eigenvalue weighted by atomic mass is 10.1. The average Bonchev–Trinajstić information content (AvgIpc) is 2.92. The normalized spacial score (nSPS) is 10.2. The van der Waals surface area contributed by atoms with Crippen LogP contribution in [-0.2, 0) is 6.54 Å². The van der Waals surface area contributed by atoms with Crippen LogP contribution in [0.25, 0.3) is 0 Å². The number of hydrogen-bond donors (Lipinski definition) is 3. The maximum Gasteiger partial charge on any atom is 0.253 e. The summed E-state index contributed by atoms with van der Waals surface area (Å²) >= 11 is 0. The van der Waals surface area contributed by atoms with Crippen LogP contribution in [0.2, 0.25) is 0 Å². The molecule has 7 nitrogen and oxygen atoms in total. The number of nitrogens with one attached hydrogen (secondary N) is 2. The van der Waals surface area contributed by atoms with Crippen LogP contribution in [0.4, 0.5) is 11.4 Å². The van der Waals surface area contributed by atoms with Gasteiger partial charge in [0.05, 0.1) is 18.3 Å². The van der Waals surface area contributed by atoms with Gasteiger partial charge in [0.15, 0.2) is 0 Å². The quantitative estimate of drug-likeness (QED) is 0.674. The number of hydrogen-bond acceptors (Lipinski definition) is 5. The van der Waals surface area contributed by atoms with Gasteiger partial charge in [0.25, 0.3) is 5.91 Å². The van der Waals surface area contributed by atoms with E-state index in [4.69, 9.17) is 5.73 Å². The van der Waals surface area contributed by atoms with Crippen molar-refractivity contribution in [3.63, 3.8) is 0 Å². The first kappa shape index (κ1) is 13.9. The van der Waals surface area contributed by atoms with Gasteiger partial charge >= 0.3 is 0 Å². The second-order valence-corrected chi connectivity index (χ2v) is 4.26. The van der Waals surface area contributed by atoms with E-state index < -0.39 is 0 Å². The molecule has 1 heterocycles. The third-order valence-electron chi connectivity index (χ3n) is 2.75. The lowest BCUT2D eigenvalue weighted by Crippen LogP contribution is -2.24. The largest absolute Gasteiger partial charge is 0.399 e. The summed E-state index contributed by atoms with van der Waals surface area (Å²) in [6.45, 7) is 3.75. The number of nitrogens with two attached hydrogens (primary N) is 1. The number of nitrogen functional groups attached to an aromatic ring is 1. The summed E-state index contributed by atoms with van der Waals surface area (Å²) in [7, 11) is 0. The van der Waals surface area contributed by atoms with Crippen LogP contribution in [0.5, 0.6) is 0 Å². The van der Waals surface area contributed by atoms with Crippen LogP contribution in [0.1, 0.15) is 17.3 Å². The smallest absolute Gasteiger partial charge is 0.253 e. The van der Waals surface area contributed by atoms with Gasteiger partial charge in [-0.05, 0) is 25.1 Å². The minimum absolute atomic E-state index is 0.115. The molecule has 0 aliphatic rings. The van der Waals surface area contributed by atoms with Crippen molar-refractivity contribution in [1.82, 2.24) is 20.3 Å². The van der Waals surface area contributed by atoms with E-state index in [0.717, 1.165) is 5.69 Å². The number of amides is 1. The van der Waals surface area contributed by atoms with Crippen molar-refractivity contribution in [2.24, 2.45) is 0 Å². The first-order valence-corrected chi connectivity index (χ1v) is 6.46. The Bertz CT molecular complexity index is 566. The van der Waals surface area contributed by atoms with E-state index in [1.807, 2.05) is 6.92 Å². The predicted molar refractivity (Wildman–Crippen MR) is 77.4 cm³/mol. The zero-order valence-corrected chi connectivity index (χ0v) is 11.3. The molecule has 1 aromatic heterocycles. The molecular weight excluding hydrogens is 256 g/mol. The van der Waals surface area contributed by atoms with Crippen molar-refractivity contribution in [3.8, 4) is 0 Å². The van der Waals surface area contributed by atoms with Crippen molar-refractivity contribution >= 4 is 17.3 Å². The standard InChI is InChI=1S/C13H18N6O/c1-2-15-13(20)11-4-3-10(14)9-12(11)16-5-7-19-8-6-17-18-19/h3-4,6,8-9,16H,2,5,7,14H2,1H3,(H,15,20). The molecule has 1 amide bonds. The summed E-state index contributed by atoms with van der Waals surface area (Å²) < 4.78 is 1.71. The zero-order valence-electron chi connectivity index (χ0n) is 11.3. The van der Waals surface area contributed by atoms with Gasteiger partial charge in [-0.3, -0.25) is 9.48 Å². The van der Waals surface area contributed by atoms with E-state index in [1.54, 1.807) is 35.3 Å². The first-order chi connectivity index (χ1) is 9.70. The summed E-state index contributed by atoms with van der Waals surface area (Å²) in [4.78, 5) is 11.9. The maximum absolute atomic E-state index is 11.9. The molecule has 1 aromatic carbocycles. The van der Waals surface area contributed by atoms with Crippen LogP contribution in [0, 0.1) is 0 Å². The Morgan fingerprint density at radius 3 is 3.00 bits per heavy atom. The number of nitrogens with zero attached hydrogens (tertiary/aromatic N) is 3. The summed E-state index contributed by atoms with van der Waals surface area (Å²) in [5, 5.41) is 13.6. The molecule has 4 N–H and O–H groups in total. The number of rotatable bonds is 6. The Labute approximate surface area is 117 Å². The monoisotopic (exact) mass is 274 g/mol. The molecule has 0 fully saturated rings. The molecule has 0 aliphatic heterocycles. The molecule has 2 aromatic rings. The van der Waals surface area contributed by atoms with E-state index in [9.17, 15) is 4.79 Å². The Kier molecular flexibility index (Phi) is 4.54. The number of carbonyl (C=O) groups excluding carboxylic acids is 1. The number of anilines is 2. The van der Waals surface area contributed by atoms with Crippen molar-refractivity contribution in [3.05, 3.63) is 36.2 Å². The van der Waals surface area contributed by atoms with Crippen molar-refractivity contribution in [2.75, 3.05) is 24.1 Å². The van der Waals surface area contributed by atoms with Gasteiger partial charge in [-0.15, -0.1) is 5.10 Å². The highest BCUT2D eigenvalue weighted by molar-refractivity contribution is 6.00. The minimum atomic E-state index is -0.115. The Morgan fingerprint density at radius 1 is 1.45 bits per heavy atom. The highest BCUT2D eigenvalue weighted by atomic mass is 16.1. The van der Waals surface area contributed by atoms with Gasteiger partial charge < -0.3 is 16.4 Å². The molecule has 20 heavy (non-hydrogen) atoms. The van der Waals surface area contributed by atoms with E-state index in [1.165, 1.54) is 0 Å². The van der Waals surface area contributed by atoms with Gasteiger partial charge in [0.1, 0.15) is 0 Å². The average molecular weight is 274 g/mol. The van der Waals surface area contributed by atoms with E-state index >= 15 is 0 Å². The fourth-order valence-corrected chi connectivity index (χ4v) is 1.82. The molecule has 0 aliphatic carbocycles. The fourth-order valence-electron chi connectivity index (χ4n) is 1.82. The summed E-state index contributed by atoms with van der Waals surface area (Å²) in [5.41, 5.74) is 7.68. The Hall–Kier alpha value is -2.57. The summed E-state index contributed by atoms with van der Waals surface area (Å²) in [5.74, 6) is -0.115. The summed E-state index contributed by atoms with van der Waals surface area (Å²) in [6.07, 6.45) is 3.41. The van der Waals surface area contributed by atoms with E-state index in [2.05, 4.69) is 20.9 Å². The van der Waals surface area contributed by atoms with E-state index in [0.29, 0.717) is 30.9 Å².